The van der Waals surface area contributed by atoms with E-state index in [0.29, 0.717) is 4.90 Å². The highest BCUT2D eigenvalue weighted by Gasteiger charge is 2.44. The average Bonchev–Trinajstić information content (AvgIpc) is 3.13. The summed E-state index contributed by atoms with van der Waals surface area (Å²) >= 11 is 0. The molecule has 14 heteroatoms. The molecule has 0 spiro atoms. The number of hydrogen-bond acceptors (Lipinski definition) is 4. The number of amides is 3. The van der Waals surface area contributed by atoms with Crippen molar-refractivity contribution in [1.29, 1.82) is 0 Å². The zero-order chi connectivity index (χ0) is 28.6. The lowest BCUT2D eigenvalue weighted by Crippen LogP contribution is -2.35. The summed E-state index contributed by atoms with van der Waals surface area (Å²) in [5.41, 5.74) is -5.55. The number of nitrogens with zero attached hydrogens (tertiary/aromatic N) is 3. The van der Waals surface area contributed by atoms with Crippen LogP contribution in [0.25, 0.3) is 0 Å². The van der Waals surface area contributed by atoms with Gasteiger partial charge in [0.25, 0.3) is 0 Å². The molecule has 0 unspecified atom stereocenters. The second-order valence-corrected chi connectivity index (χ2v) is 7.19. The normalized spacial score (nSPS) is 16.1. The van der Waals surface area contributed by atoms with Crippen LogP contribution in [0.4, 0.5) is 51.7 Å². The van der Waals surface area contributed by atoms with E-state index in [1.807, 2.05) is 0 Å². The van der Waals surface area contributed by atoms with Crippen LogP contribution in [0, 0.1) is 5.82 Å². The second-order valence-electron chi connectivity index (χ2n) is 7.19. The summed E-state index contributed by atoms with van der Waals surface area (Å²) in [6.07, 6.45) is -12.8. The smallest absolute Gasteiger partial charge is 0.407 e. The molecule has 1 fully saturated rings. The van der Waals surface area contributed by atoms with Crippen LogP contribution < -0.4 is 14.5 Å². The van der Waals surface area contributed by atoms with Gasteiger partial charge in [0.05, 0.1) is 17.9 Å². The Labute approximate surface area is 198 Å². The molecule has 2 aromatic carbocycles. The molecule has 3 rings (SSSR count). The number of aliphatic hydroxyl groups excluding tert-OH is 1. The molecule has 0 radical (unpaired) electrons. The number of alkyl halides is 6. The number of carbonyl (C=O) groups excluding carboxylic acids is 2. The molecule has 0 aromatic heterocycles. The van der Waals surface area contributed by atoms with Gasteiger partial charge in [-0.1, -0.05) is 0 Å². The van der Waals surface area contributed by atoms with Crippen molar-refractivity contribution in [2.45, 2.75) is 12.4 Å². The molecule has 0 saturated carbocycles. The van der Waals surface area contributed by atoms with E-state index in [2.05, 4.69) is 0 Å². The predicted molar refractivity (Wildman–Crippen MR) is 109 cm³/mol. The molecule has 1 heterocycles. The van der Waals surface area contributed by atoms with Gasteiger partial charge in [0.2, 0.25) is 0 Å². The Morgan fingerprint density at radius 1 is 1.11 bits per heavy atom. The Bertz CT molecular complexity index is 1200. The first-order valence-electron chi connectivity index (χ1n) is 11.2. The number of rotatable bonds is 5. The fourth-order valence-corrected chi connectivity index (χ4v) is 3.26. The molecule has 7 nitrogen and oxygen atoms in total. The molecule has 0 atom stereocenters. The molecule has 190 valence electrons. The number of β-amino-alcohol motifs (C(OH)–C–C–N with tert-alkyl or cyclic N) is 1. The molecular weight excluding hydrogens is 491 g/mol. The zero-order valence-electron chi connectivity index (χ0n) is 20.5. The summed E-state index contributed by atoms with van der Waals surface area (Å²) in [6, 6.07) is 1.88. The van der Waals surface area contributed by atoms with Crippen LogP contribution in [0.1, 0.15) is 15.2 Å². The fraction of sp³-hybridized carbons (Fsp3) is 0.333. The zero-order valence-corrected chi connectivity index (χ0v) is 17.5. The molecule has 2 aromatic rings. The van der Waals surface area contributed by atoms with Gasteiger partial charge in [-0.05, 0) is 36.4 Å². The van der Waals surface area contributed by atoms with Crippen molar-refractivity contribution in [3.63, 3.8) is 0 Å². The van der Waals surface area contributed by atoms with Crippen molar-refractivity contribution in [1.82, 2.24) is 4.90 Å². The number of urea groups is 1. The summed E-state index contributed by atoms with van der Waals surface area (Å²) in [7, 11) is 0. The number of ether oxygens (including phenoxy) is 1. The monoisotopic (exact) mass is 512 g/mol. The third-order valence-corrected chi connectivity index (χ3v) is 4.91. The van der Waals surface area contributed by atoms with Crippen molar-refractivity contribution in [3.8, 4) is 5.75 Å². The van der Waals surface area contributed by atoms with Crippen LogP contribution in [0.5, 0.6) is 5.75 Å². The average molecular weight is 512 g/mol. The van der Waals surface area contributed by atoms with Gasteiger partial charge in [-0.25, -0.2) is 14.0 Å². The maximum Gasteiger partial charge on any atom is 0.420 e. The highest BCUT2D eigenvalue weighted by molar-refractivity contribution is 5.97. The first-order chi connectivity index (χ1) is 17.4. The maximum atomic E-state index is 14.0. The lowest BCUT2D eigenvalue weighted by Gasteiger charge is -2.26. The van der Waals surface area contributed by atoms with Crippen LogP contribution >= 0.6 is 0 Å². The molecule has 0 aliphatic carbocycles. The minimum Gasteiger partial charge on any atom is -0.407 e. The molecule has 1 saturated heterocycles. The van der Waals surface area contributed by atoms with Gasteiger partial charge < -0.3 is 14.7 Å². The van der Waals surface area contributed by atoms with Gasteiger partial charge in [-0.3, -0.25) is 9.80 Å². The van der Waals surface area contributed by atoms with Gasteiger partial charge in [-0.2, -0.15) is 26.3 Å². The van der Waals surface area contributed by atoms with Crippen LogP contribution in [-0.2, 0) is 12.4 Å². The number of benzene rings is 2. The third kappa shape index (κ3) is 5.58. The Hall–Kier alpha value is -3.55. The molecule has 35 heavy (non-hydrogen) atoms. The van der Waals surface area contributed by atoms with Gasteiger partial charge >= 0.3 is 24.5 Å². The van der Waals surface area contributed by atoms with E-state index in [-0.39, 0.29) is 30.1 Å². The first kappa shape index (κ1) is 21.9. The van der Waals surface area contributed by atoms with Crippen molar-refractivity contribution < 1.29 is 54.3 Å². The quantitative estimate of drug-likeness (QED) is 0.588. The first-order valence-corrected chi connectivity index (χ1v) is 9.72. The fourth-order valence-electron chi connectivity index (χ4n) is 3.26. The number of halogens is 7. The number of hydrogen-bond donors (Lipinski definition) is 1. The van der Waals surface area contributed by atoms with Crippen LogP contribution in [-0.4, -0.2) is 55.3 Å². The lowest BCUT2D eigenvalue weighted by atomic mass is 10.1. The molecular formula is C21H18F7N3O4. The number of aliphatic hydroxyl groups is 1. The standard InChI is InChI=1S/C21H18F7N3O4/c1-29(14-4-2-13(22)3-5-14)19(34)35-17-15(21(26,27)28)10-12(20(23,24)25)11-16(17)31-7-6-30(8-9-32)18(31)33/h2-5,10-11,32H,6-9H2,1H3/i1D3. The summed E-state index contributed by atoms with van der Waals surface area (Å²) in [5, 5.41) is 9.08. The summed E-state index contributed by atoms with van der Waals surface area (Å²) in [5.74, 6) is -2.39. The van der Waals surface area contributed by atoms with E-state index in [4.69, 9.17) is 14.0 Å². The van der Waals surface area contributed by atoms with Crippen molar-refractivity contribution >= 4 is 23.5 Å². The van der Waals surface area contributed by atoms with Crippen molar-refractivity contribution in [3.05, 3.63) is 53.3 Å². The highest BCUT2D eigenvalue weighted by atomic mass is 19.4. The Kier molecular flexibility index (Phi) is 6.02. The van der Waals surface area contributed by atoms with E-state index in [0.717, 1.165) is 29.2 Å². The van der Waals surface area contributed by atoms with E-state index >= 15 is 0 Å². The van der Waals surface area contributed by atoms with Gasteiger partial charge in [0.1, 0.15) is 11.4 Å². The van der Waals surface area contributed by atoms with Crippen molar-refractivity contribution in [2.24, 2.45) is 0 Å². The van der Waals surface area contributed by atoms with E-state index in [9.17, 15) is 40.3 Å². The van der Waals surface area contributed by atoms with Gasteiger partial charge in [-0.15, -0.1) is 0 Å². The lowest BCUT2D eigenvalue weighted by molar-refractivity contribution is -0.143. The highest BCUT2D eigenvalue weighted by Crippen LogP contribution is 2.46. The van der Waals surface area contributed by atoms with E-state index in [1.54, 1.807) is 0 Å². The molecule has 1 aliphatic rings. The largest absolute Gasteiger partial charge is 0.420 e. The summed E-state index contributed by atoms with van der Waals surface area (Å²) < 4.78 is 123. The maximum absolute atomic E-state index is 14.0. The summed E-state index contributed by atoms with van der Waals surface area (Å²) in [4.78, 5) is 27.0. The number of anilines is 2. The minimum absolute atomic E-state index is 0.0993. The SMILES string of the molecule is [2H]C([2H])([2H])N(C(=O)Oc1c(N2CCN(CCO)C2=O)cc(C(F)(F)F)cc1C(F)(F)F)c1ccc(F)cc1. The predicted octanol–water partition coefficient (Wildman–Crippen LogP) is 4.73. The van der Waals surface area contributed by atoms with Crippen LogP contribution in [0.2, 0.25) is 0 Å². The van der Waals surface area contributed by atoms with Crippen molar-refractivity contribution in [2.75, 3.05) is 43.0 Å². The van der Waals surface area contributed by atoms with Crippen LogP contribution in [0.3, 0.4) is 0 Å². The number of carbonyl (C=O) groups is 2. The van der Waals surface area contributed by atoms with E-state index < -0.39 is 78.7 Å². The molecule has 1 N–H and O–H groups in total. The Morgan fingerprint density at radius 2 is 1.77 bits per heavy atom. The molecule has 3 amide bonds. The Balaban J connectivity index is 2.21. The topological polar surface area (TPSA) is 73.3 Å². The van der Waals surface area contributed by atoms with Crippen LogP contribution in [0.15, 0.2) is 36.4 Å². The van der Waals surface area contributed by atoms with E-state index in [1.165, 1.54) is 0 Å². The minimum atomic E-state index is -5.56. The second kappa shape index (κ2) is 9.60. The van der Waals surface area contributed by atoms with Gasteiger partial charge in [0.15, 0.2) is 5.75 Å². The molecule has 0 bridgehead atoms. The Morgan fingerprint density at radius 3 is 2.31 bits per heavy atom. The third-order valence-electron chi connectivity index (χ3n) is 4.91. The van der Waals surface area contributed by atoms with Gasteiger partial charge in [0, 0.05) is 36.4 Å². The summed E-state index contributed by atoms with van der Waals surface area (Å²) in [6.45, 7) is -4.86. The molecule has 1 aliphatic heterocycles.